The van der Waals surface area contributed by atoms with E-state index in [2.05, 4.69) is 9.97 Å². The lowest BCUT2D eigenvalue weighted by Crippen LogP contribution is -2.28. The van der Waals surface area contributed by atoms with Crippen LogP contribution in [0.5, 0.6) is 5.75 Å². The number of rotatable bonds is 3. The average molecular weight is 394 g/mol. The second-order valence-electron chi connectivity index (χ2n) is 6.97. The third kappa shape index (κ3) is 2.95. The van der Waals surface area contributed by atoms with E-state index in [4.69, 9.17) is 10.5 Å². The summed E-state index contributed by atoms with van der Waals surface area (Å²) in [5.41, 5.74) is 5.29. The SMILES string of the molecule is COc1cc2ncc(-c3cc(F)c(N)[nH]c3=O)n2cc1S(=O)(=O)C(C)(C)C. The van der Waals surface area contributed by atoms with Crippen LogP contribution in [0.1, 0.15) is 20.8 Å². The van der Waals surface area contributed by atoms with E-state index in [1.807, 2.05) is 0 Å². The summed E-state index contributed by atoms with van der Waals surface area (Å²) in [5, 5.41) is 0. The van der Waals surface area contributed by atoms with Crippen molar-refractivity contribution in [3.8, 4) is 17.0 Å². The molecule has 0 unspecified atom stereocenters. The number of nitrogens with two attached hydrogens (primary N) is 1. The van der Waals surface area contributed by atoms with E-state index in [9.17, 15) is 17.6 Å². The van der Waals surface area contributed by atoms with Crippen molar-refractivity contribution in [1.82, 2.24) is 14.4 Å². The summed E-state index contributed by atoms with van der Waals surface area (Å²) < 4.78 is 45.3. The number of pyridine rings is 2. The quantitative estimate of drug-likeness (QED) is 0.701. The van der Waals surface area contributed by atoms with Gasteiger partial charge in [-0.05, 0) is 26.8 Å². The molecule has 0 spiro atoms. The molecular formula is C17H19FN4O4S. The molecule has 0 atom stereocenters. The van der Waals surface area contributed by atoms with Crippen molar-refractivity contribution >= 4 is 21.3 Å². The number of halogens is 1. The molecule has 0 saturated heterocycles. The van der Waals surface area contributed by atoms with Crippen LogP contribution < -0.4 is 16.0 Å². The molecule has 0 aromatic carbocycles. The molecule has 3 rings (SSSR count). The summed E-state index contributed by atoms with van der Waals surface area (Å²) in [6.07, 6.45) is 2.67. The van der Waals surface area contributed by atoms with Gasteiger partial charge in [0.25, 0.3) is 5.56 Å². The van der Waals surface area contributed by atoms with Gasteiger partial charge >= 0.3 is 0 Å². The third-order valence-corrected chi connectivity index (χ3v) is 6.69. The number of nitrogens with zero attached hydrogens (tertiary/aromatic N) is 2. The molecule has 0 aliphatic heterocycles. The Kier molecular flexibility index (Phi) is 4.26. The van der Waals surface area contributed by atoms with Gasteiger partial charge in [-0.2, -0.15) is 0 Å². The Labute approximate surface area is 154 Å². The average Bonchev–Trinajstić information content (AvgIpc) is 2.98. The van der Waals surface area contributed by atoms with Crippen molar-refractivity contribution in [2.24, 2.45) is 0 Å². The number of nitrogens with one attached hydrogen (secondary N) is 1. The first-order valence-corrected chi connectivity index (χ1v) is 9.44. The number of fused-ring (bicyclic) bond motifs is 1. The predicted molar refractivity (Wildman–Crippen MR) is 99.1 cm³/mol. The molecule has 144 valence electrons. The largest absolute Gasteiger partial charge is 0.495 e. The second kappa shape index (κ2) is 6.08. The number of aromatic amines is 1. The fraction of sp³-hybridized carbons (Fsp3) is 0.294. The predicted octanol–water partition coefficient (Wildman–Crippen LogP) is 1.99. The highest BCUT2D eigenvalue weighted by atomic mass is 32.2. The molecule has 8 nitrogen and oxygen atoms in total. The molecule has 3 aromatic rings. The first kappa shape index (κ1) is 18.9. The van der Waals surface area contributed by atoms with Gasteiger partial charge in [-0.25, -0.2) is 17.8 Å². The number of hydrogen-bond acceptors (Lipinski definition) is 6. The number of H-pyrrole nitrogens is 1. The highest BCUT2D eigenvalue weighted by Gasteiger charge is 2.34. The molecule has 10 heteroatoms. The van der Waals surface area contributed by atoms with Crippen molar-refractivity contribution in [3.05, 3.63) is 40.7 Å². The Hall–Kier alpha value is -2.88. The number of hydrogen-bond donors (Lipinski definition) is 2. The van der Waals surface area contributed by atoms with Gasteiger partial charge in [-0.15, -0.1) is 0 Å². The second-order valence-corrected chi connectivity index (χ2v) is 9.64. The lowest BCUT2D eigenvalue weighted by atomic mass is 10.2. The van der Waals surface area contributed by atoms with E-state index in [0.717, 1.165) is 6.07 Å². The minimum Gasteiger partial charge on any atom is -0.495 e. The van der Waals surface area contributed by atoms with Crippen LogP contribution in [0.15, 0.2) is 34.2 Å². The number of imidazole rings is 1. The van der Waals surface area contributed by atoms with E-state index in [1.165, 1.54) is 30.0 Å². The van der Waals surface area contributed by atoms with E-state index in [1.54, 1.807) is 20.8 Å². The maximum absolute atomic E-state index is 13.9. The normalized spacial score (nSPS) is 12.5. The summed E-state index contributed by atoms with van der Waals surface area (Å²) in [4.78, 5) is 18.5. The number of sulfone groups is 1. The summed E-state index contributed by atoms with van der Waals surface area (Å²) in [5.74, 6) is -1.04. The fourth-order valence-corrected chi connectivity index (χ4v) is 3.90. The maximum Gasteiger partial charge on any atom is 0.259 e. The van der Waals surface area contributed by atoms with Crippen LogP contribution in [0.4, 0.5) is 10.2 Å². The van der Waals surface area contributed by atoms with Crippen molar-refractivity contribution in [3.63, 3.8) is 0 Å². The monoisotopic (exact) mass is 394 g/mol. The van der Waals surface area contributed by atoms with Crippen LogP contribution >= 0.6 is 0 Å². The van der Waals surface area contributed by atoms with Gasteiger partial charge in [0.05, 0.1) is 29.3 Å². The van der Waals surface area contributed by atoms with Crippen LogP contribution in [0.3, 0.4) is 0 Å². The molecule has 0 aliphatic rings. The van der Waals surface area contributed by atoms with Crippen LogP contribution in [-0.2, 0) is 9.84 Å². The van der Waals surface area contributed by atoms with Crippen LogP contribution in [0, 0.1) is 5.82 Å². The van der Waals surface area contributed by atoms with Crippen LogP contribution in [0.25, 0.3) is 16.9 Å². The topological polar surface area (TPSA) is 120 Å². The molecule has 0 amide bonds. The molecule has 0 radical (unpaired) electrons. The van der Waals surface area contributed by atoms with Gasteiger partial charge in [0.1, 0.15) is 22.1 Å². The van der Waals surface area contributed by atoms with Crippen LogP contribution in [-0.4, -0.2) is 34.6 Å². The number of nitrogen functional groups attached to an aromatic ring is 1. The number of methoxy groups -OCH3 is 1. The van der Waals surface area contributed by atoms with Gasteiger partial charge in [0.15, 0.2) is 15.7 Å². The number of aromatic nitrogens is 3. The van der Waals surface area contributed by atoms with Gasteiger partial charge < -0.3 is 15.5 Å². The van der Waals surface area contributed by atoms with Crippen molar-refractivity contribution in [1.29, 1.82) is 0 Å². The molecule has 0 aliphatic carbocycles. The minimum atomic E-state index is -3.77. The summed E-state index contributed by atoms with van der Waals surface area (Å²) in [6.45, 7) is 4.71. The summed E-state index contributed by atoms with van der Waals surface area (Å²) in [6, 6.07) is 2.43. The summed E-state index contributed by atoms with van der Waals surface area (Å²) in [7, 11) is -2.41. The molecule has 0 saturated carbocycles. The molecule has 3 N–H and O–H groups in total. The number of ether oxygens (including phenoxy) is 1. The van der Waals surface area contributed by atoms with Gasteiger partial charge in [-0.1, -0.05) is 0 Å². The van der Waals surface area contributed by atoms with E-state index in [-0.39, 0.29) is 27.7 Å². The lowest BCUT2D eigenvalue weighted by Gasteiger charge is -2.21. The molecular weight excluding hydrogens is 375 g/mol. The zero-order chi connectivity index (χ0) is 20.1. The minimum absolute atomic E-state index is 0.0292. The van der Waals surface area contributed by atoms with Gasteiger partial charge in [-0.3, -0.25) is 9.20 Å². The number of anilines is 1. The molecule has 0 bridgehead atoms. The Morgan fingerprint density at radius 2 is 1.96 bits per heavy atom. The third-order valence-electron chi connectivity index (χ3n) is 4.19. The Morgan fingerprint density at radius 1 is 1.30 bits per heavy atom. The highest BCUT2D eigenvalue weighted by Crippen LogP contribution is 2.34. The van der Waals surface area contributed by atoms with Crippen molar-refractivity contribution < 1.29 is 17.5 Å². The molecule has 27 heavy (non-hydrogen) atoms. The van der Waals surface area contributed by atoms with Crippen molar-refractivity contribution in [2.45, 2.75) is 30.4 Å². The standard InChI is InChI=1S/C17H19FN4O4S/c1-17(2,3)27(24,25)13-8-22-11(7-20-14(22)6-12(13)26-4)9-5-10(18)15(19)21-16(9)23/h5-8H,1-4H3,(H3,19,21,23). The van der Waals surface area contributed by atoms with Gasteiger partial charge in [0, 0.05) is 12.3 Å². The Balaban J connectivity index is 2.36. The first-order chi connectivity index (χ1) is 12.5. The fourth-order valence-electron chi connectivity index (χ4n) is 2.59. The first-order valence-electron chi connectivity index (χ1n) is 7.96. The zero-order valence-corrected chi connectivity index (χ0v) is 16.0. The Bertz CT molecular complexity index is 1210. The lowest BCUT2D eigenvalue weighted by molar-refractivity contribution is 0.401. The Morgan fingerprint density at radius 3 is 2.56 bits per heavy atom. The zero-order valence-electron chi connectivity index (χ0n) is 15.2. The van der Waals surface area contributed by atoms with E-state index in [0.29, 0.717) is 5.65 Å². The maximum atomic E-state index is 13.9. The molecule has 3 aromatic heterocycles. The molecule has 0 fully saturated rings. The van der Waals surface area contributed by atoms with Gasteiger partial charge in [0.2, 0.25) is 0 Å². The summed E-state index contributed by atoms with van der Waals surface area (Å²) >= 11 is 0. The van der Waals surface area contributed by atoms with E-state index < -0.39 is 26.0 Å². The van der Waals surface area contributed by atoms with Crippen molar-refractivity contribution in [2.75, 3.05) is 12.8 Å². The molecule has 3 heterocycles. The van der Waals surface area contributed by atoms with E-state index >= 15 is 0 Å². The highest BCUT2D eigenvalue weighted by molar-refractivity contribution is 7.92. The van der Waals surface area contributed by atoms with Crippen LogP contribution in [0.2, 0.25) is 0 Å². The smallest absolute Gasteiger partial charge is 0.259 e.